The molecule has 3 aromatic rings. The lowest BCUT2D eigenvalue weighted by molar-refractivity contribution is 0.594. The van der Waals surface area contributed by atoms with Gasteiger partial charge in [0.15, 0.2) is 0 Å². The van der Waals surface area contributed by atoms with Crippen molar-refractivity contribution in [1.82, 2.24) is 4.57 Å². The molecule has 0 amide bonds. The van der Waals surface area contributed by atoms with E-state index in [2.05, 4.69) is 10.3 Å². The zero-order chi connectivity index (χ0) is 17.3. The molecule has 0 saturated heterocycles. The number of rotatable bonds is 3. The van der Waals surface area contributed by atoms with Gasteiger partial charge in [-0.1, -0.05) is 23.3 Å². The molecule has 0 radical (unpaired) electrons. The molecule has 4 nitrogen and oxygen atoms in total. The SMILES string of the molecule is C#CCn1c(=NS(=O)(=O)c2ccc(F)cc2)sc2cc(C)ccc21. The maximum atomic E-state index is 13.0. The van der Waals surface area contributed by atoms with Crippen molar-refractivity contribution in [2.75, 3.05) is 0 Å². The minimum Gasteiger partial charge on any atom is -0.304 e. The van der Waals surface area contributed by atoms with Crippen LogP contribution in [0.4, 0.5) is 4.39 Å². The summed E-state index contributed by atoms with van der Waals surface area (Å²) >= 11 is 1.25. The Bertz CT molecular complexity index is 1120. The lowest BCUT2D eigenvalue weighted by atomic mass is 10.2. The smallest absolute Gasteiger partial charge is 0.285 e. The van der Waals surface area contributed by atoms with E-state index in [1.165, 1.54) is 23.5 Å². The van der Waals surface area contributed by atoms with Crippen molar-refractivity contribution in [2.24, 2.45) is 4.40 Å². The topological polar surface area (TPSA) is 51.4 Å². The van der Waals surface area contributed by atoms with Gasteiger partial charge >= 0.3 is 0 Å². The standard InChI is InChI=1S/C17H13FN2O2S2/c1-3-10-20-15-9-4-12(2)11-16(15)23-17(20)19-24(21,22)14-7-5-13(18)6-8-14/h1,4-9,11H,10H2,2H3. The van der Waals surface area contributed by atoms with Crippen LogP contribution in [-0.2, 0) is 16.6 Å². The van der Waals surface area contributed by atoms with Gasteiger partial charge in [-0.05, 0) is 48.9 Å². The van der Waals surface area contributed by atoms with Crippen molar-refractivity contribution in [3.05, 3.63) is 58.6 Å². The molecule has 0 bridgehead atoms. The van der Waals surface area contributed by atoms with Crippen molar-refractivity contribution in [3.8, 4) is 12.3 Å². The van der Waals surface area contributed by atoms with E-state index in [0.29, 0.717) is 0 Å². The van der Waals surface area contributed by atoms with Crippen molar-refractivity contribution in [1.29, 1.82) is 0 Å². The number of thiazole rings is 1. The molecule has 3 rings (SSSR count). The quantitative estimate of drug-likeness (QED) is 0.674. The second-order valence-corrected chi connectivity index (χ2v) is 7.78. The second kappa shape index (κ2) is 6.23. The van der Waals surface area contributed by atoms with Gasteiger partial charge in [0.1, 0.15) is 5.82 Å². The molecule has 7 heteroatoms. The summed E-state index contributed by atoms with van der Waals surface area (Å²) in [4.78, 5) is 0.225. The molecule has 0 aliphatic rings. The predicted octanol–water partition coefficient (Wildman–Crippen LogP) is 3.07. The third-order valence-corrected chi connectivity index (χ3v) is 5.84. The first kappa shape index (κ1) is 16.4. The summed E-state index contributed by atoms with van der Waals surface area (Å²) in [5.41, 5.74) is 1.89. The van der Waals surface area contributed by atoms with E-state index in [1.54, 1.807) is 4.57 Å². The lowest BCUT2D eigenvalue weighted by Gasteiger charge is -2.01. The van der Waals surface area contributed by atoms with Crippen LogP contribution < -0.4 is 4.80 Å². The highest BCUT2D eigenvalue weighted by Crippen LogP contribution is 2.20. The van der Waals surface area contributed by atoms with Gasteiger partial charge in [-0.3, -0.25) is 0 Å². The normalized spacial score (nSPS) is 12.5. The predicted molar refractivity (Wildman–Crippen MR) is 92.5 cm³/mol. The molecule has 0 fully saturated rings. The molecule has 24 heavy (non-hydrogen) atoms. The van der Waals surface area contributed by atoms with E-state index in [1.807, 2.05) is 25.1 Å². The molecule has 0 aliphatic carbocycles. The molecule has 0 unspecified atom stereocenters. The van der Waals surface area contributed by atoms with E-state index < -0.39 is 15.8 Å². The first-order chi connectivity index (χ1) is 11.4. The van der Waals surface area contributed by atoms with E-state index in [9.17, 15) is 12.8 Å². The highest BCUT2D eigenvalue weighted by atomic mass is 32.2. The minimum absolute atomic E-state index is 0.0650. The number of benzene rings is 2. The summed E-state index contributed by atoms with van der Waals surface area (Å²) in [6.45, 7) is 2.16. The largest absolute Gasteiger partial charge is 0.304 e. The molecular formula is C17H13FN2O2S2. The van der Waals surface area contributed by atoms with E-state index in [-0.39, 0.29) is 16.2 Å². The van der Waals surface area contributed by atoms with E-state index in [0.717, 1.165) is 27.9 Å². The van der Waals surface area contributed by atoms with Gasteiger partial charge in [-0.2, -0.15) is 8.42 Å². The van der Waals surface area contributed by atoms with Gasteiger partial charge in [-0.25, -0.2) is 4.39 Å². The van der Waals surface area contributed by atoms with Crippen LogP contribution >= 0.6 is 11.3 Å². The summed E-state index contributed by atoms with van der Waals surface area (Å²) in [6, 6.07) is 10.3. The number of terminal acetylenes is 1. The Hall–Kier alpha value is -2.43. The number of hydrogen-bond acceptors (Lipinski definition) is 3. The van der Waals surface area contributed by atoms with Crippen LogP contribution in [0.25, 0.3) is 10.2 Å². The first-order valence-corrected chi connectivity index (χ1v) is 9.26. The zero-order valence-corrected chi connectivity index (χ0v) is 14.4. The fourth-order valence-electron chi connectivity index (χ4n) is 2.26. The summed E-state index contributed by atoms with van der Waals surface area (Å²) in [7, 11) is -3.95. The van der Waals surface area contributed by atoms with Crippen molar-refractivity contribution < 1.29 is 12.8 Å². The monoisotopic (exact) mass is 360 g/mol. The van der Waals surface area contributed by atoms with Crippen LogP contribution in [0.5, 0.6) is 0 Å². The molecule has 2 aromatic carbocycles. The molecule has 0 atom stereocenters. The Labute approximate surface area is 143 Å². The third kappa shape index (κ3) is 3.11. The Morgan fingerprint density at radius 1 is 1.25 bits per heavy atom. The van der Waals surface area contributed by atoms with Crippen LogP contribution in [0.15, 0.2) is 51.8 Å². The van der Waals surface area contributed by atoms with Crippen LogP contribution in [0.3, 0.4) is 0 Å². The van der Waals surface area contributed by atoms with Crippen LogP contribution in [0, 0.1) is 25.1 Å². The highest BCUT2D eigenvalue weighted by Gasteiger charge is 2.14. The Morgan fingerprint density at radius 2 is 1.96 bits per heavy atom. The number of halogens is 1. The maximum Gasteiger partial charge on any atom is 0.285 e. The molecule has 122 valence electrons. The molecule has 0 N–H and O–H groups in total. The van der Waals surface area contributed by atoms with Gasteiger partial charge in [0.2, 0.25) is 4.80 Å². The third-order valence-electron chi connectivity index (χ3n) is 3.40. The minimum atomic E-state index is -3.95. The second-order valence-electron chi connectivity index (χ2n) is 5.17. The number of aryl methyl sites for hydroxylation is 1. The number of aromatic nitrogens is 1. The molecular weight excluding hydrogens is 347 g/mol. The van der Waals surface area contributed by atoms with Gasteiger partial charge in [0, 0.05) is 0 Å². The first-order valence-electron chi connectivity index (χ1n) is 7.01. The summed E-state index contributed by atoms with van der Waals surface area (Å²) in [5.74, 6) is 2.01. The Balaban J connectivity index is 2.24. The Morgan fingerprint density at radius 3 is 2.62 bits per heavy atom. The number of fused-ring (bicyclic) bond motifs is 1. The van der Waals surface area contributed by atoms with E-state index >= 15 is 0 Å². The summed E-state index contributed by atoms with van der Waals surface area (Å²) in [6.07, 6.45) is 5.40. The van der Waals surface area contributed by atoms with Crippen molar-refractivity contribution in [2.45, 2.75) is 18.4 Å². The summed E-state index contributed by atoms with van der Waals surface area (Å²) < 4.78 is 44.4. The molecule has 0 aliphatic heterocycles. The van der Waals surface area contributed by atoms with Crippen molar-refractivity contribution >= 4 is 31.6 Å². The fourth-order valence-corrected chi connectivity index (χ4v) is 4.59. The van der Waals surface area contributed by atoms with Gasteiger partial charge < -0.3 is 4.57 Å². The van der Waals surface area contributed by atoms with Gasteiger partial charge in [0.05, 0.1) is 21.7 Å². The molecule has 1 aromatic heterocycles. The molecule has 0 saturated carbocycles. The average Bonchev–Trinajstić information content (AvgIpc) is 2.84. The number of nitrogens with zero attached hydrogens (tertiary/aromatic N) is 2. The zero-order valence-electron chi connectivity index (χ0n) is 12.7. The van der Waals surface area contributed by atoms with Gasteiger partial charge in [0.25, 0.3) is 10.0 Å². The average molecular weight is 360 g/mol. The highest BCUT2D eigenvalue weighted by molar-refractivity contribution is 7.90. The number of hydrogen-bond donors (Lipinski definition) is 0. The molecule has 0 spiro atoms. The van der Waals surface area contributed by atoms with E-state index in [4.69, 9.17) is 6.42 Å². The van der Waals surface area contributed by atoms with Gasteiger partial charge in [-0.15, -0.1) is 10.8 Å². The maximum absolute atomic E-state index is 13.0. The molecule has 1 heterocycles. The number of sulfonamides is 1. The fraction of sp³-hybridized carbons (Fsp3) is 0.118. The van der Waals surface area contributed by atoms with Crippen LogP contribution in [-0.4, -0.2) is 13.0 Å². The Kier molecular flexibility index (Phi) is 4.26. The lowest BCUT2D eigenvalue weighted by Crippen LogP contribution is -2.16. The summed E-state index contributed by atoms with van der Waals surface area (Å²) in [5, 5.41) is 0. The van der Waals surface area contributed by atoms with Crippen LogP contribution in [0.2, 0.25) is 0 Å². The van der Waals surface area contributed by atoms with Crippen molar-refractivity contribution in [3.63, 3.8) is 0 Å². The van der Waals surface area contributed by atoms with Crippen LogP contribution in [0.1, 0.15) is 5.56 Å².